The number of rotatable bonds is 1. The molecule has 0 aromatic heterocycles. The fourth-order valence-electron chi connectivity index (χ4n) is 2.25. The number of likely N-dealkylation sites (tertiary alicyclic amines) is 1. The molecule has 1 amide bonds. The topological polar surface area (TPSA) is 86.8 Å². The molecule has 20 heavy (non-hydrogen) atoms. The van der Waals surface area contributed by atoms with Gasteiger partial charge in [-0.2, -0.15) is 0 Å². The van der Waals surface area contributed by atoms with Crippen LogP contribution in [-0.2, 0) is 0 Å². The molecular formula is C15H18N2O3. The van der Waals surface area contributed by atoms with E-state index < -0.39 is 12.2 Å². The minimum absolute atomic E-state index is 0.151. The lowest BCUT2D eigenvalue weighted by Gasteiger charge is -2.17. The van der Waals surface area contributed by atoms with Crippen molar-refractivity contribution in [2.24, 2.45) is 5.73 Å². The molecule has 4 N–H and O–H groups in total. The molecule has 1 fully saturated rings. The molecule has 1 aromatic rings. The van der Waals surface area contributed by atoms with Gasteiger partial charge in [-0.25, -0.2) is 0 Å². The van der Waals surface area contributed by atoms with Crippen LogP contribution in [-0.4, -0.2) is 52.9 Å². The summed E-state index contributed by atoms with van der Waals surface area (Å²) in [5.41, 5.74) is 7.44. The van der Waals surface area contributed by atoms with Crippen molar-refractivity contribution < 1.29 is 15.0 Å². The maximum absolute atomic E-state index is 12.4. The van der Waals surface area contributed by atoms with E-state index in [1.54, 1.807) is 12.1 Å². The van der Waals surface area contributed by atoms with Gasteiger partial charge in [-0.3, -0.25) is 4.79 Å². The van der Waals surface area contributed by atoms with E-state index in [-0.39, 0.29) is 25.5 Å². The monoisotopic (exact) mass is 274 g/mol. The van der Waals surface area contributed by atoms with Crippen LogP contribution in [0.15, 0.2) is 18.2 Å². The molecule has 5 heteroatoms. The van der Waals surface area contributed by atoms with Gasteiger partial charge in [0.05, 0.1) is 18.8 Å². The molecule has 0 spiro atoms. The summed E-state index contributed by atoms with van der Waals surface area (Å²) in [4.78, 5) is 13.9. The number of hydrogen-bond donors (Lipinski definition) is 3. The zero-order valence-electron chi connectivity index (χ0n) is 11.3. The highest BCUT2D eigenvalue weighted by molar-refractivity contribution is 5.96. The van der Waals surface area contributed by atoms with Crippen LogP contribution in [0.5, 0.6) is 0 Å². The molecule has 1 saturated heterocycles. The van der Waals surface area contributed by atoms with Crippen LogP contribution in [0.1, 0.15) is 21.5 Å². The molecule has 1 heterocycles. The number of benzene rings is 1. The number of nitrogens with two attached hydrogens (primary N) is 1. The molecule has 1 aromatic carbocycles. The Morgan fingerprint density at radius 2 is 2.05 bits per heavy atom. The second-order valence-electron chi connectivity index (χ2n) is 4.83. The van der Waals surface area contributed by atoms with Gasteiger partial charge in [-0.1, -0.05) is 17.9 Å². The molecule has 0 bridgehead atoms. The lowest BCUT2D eigenvalue weighted by molar-refractivity contribution is 0.0572. The van der Waals surface area contributed by atoms with E-state index >= 15 is 0 Å². The molecular weight excluding hydrogens is 256 g/mol. The Morgan fingerprint density at radius 1 is 1.40 bits per heavy atom. The Labute approximate surface area is 118 Å². The third kappa shape index (κ3) is 2.83. The van der Waals surface area contributed by atoms with Gasteiger partial charge in [0, 0.05) is 24.2 Å². The summed E-state index contributed by atoms with van der Waals surface area (Å²) in [5, 5.41) is 19.0. The standard InChI is InChI=1S/C15H18N2O3/c1-10-11(5-3-7-16)4-2-6-12(10)15(20)17-8-13(18)14(19)9-17/h2,4,6,13-14,18-19H,7-9,16H2,1H3. The van der Waals surface area contributed by atoms with Crippen molar-refractivity contribution in [3.63, 3.8) is 0 Å². The first-order valence-corrected chi connectivity index (χ1v) is 6.48. The number of nitrogens with zero attached hydrogens (tertiary/aromatic N) is 1. The molecule has 0 saturated carbocycles. The first-order chi connectivity index (χ1) is 9.54. The molecule has 106 valence electrons. The number of aliphatic hydroxyl groups is 2. The van der Waals surface area contributed by atoms with Crippen molar-refractivity contribution in [3.8, 4) is 11.8 Å². The molecule has 0 aliphatic carbocycles. The lowest BCUT2D eigenvalue weighted by atomic mass is 10.0. The maximum Gasteiger partial charge on any atom is 0.254 e. The van der Waals surface area contributed by atoms with Crippen LogP contribution >= 0.6 is 0 Å². The predicted molar refractivity (Wildman–Crippen MR) is 75.0 cm³/mol. The summed E-state index contributed by atoms with van der Waals surface area (Å²) >= 11 is 0. The van der Waals surface area contributed by atoms with Crippen molar-refractivity contribution in [1.82, 2.24) is 4.90 Å². The third-order valence-electron chi connectivity index (χ3n) is 3.44. The minimum atomic E-state index is -0.875. The number of β-amino-alcohol motifs (C(OH)–C–C–N with tert-alkyl or cyclic N) is 2. The van der Waals surface area contributed by atoms with Gasteiger partial charge in [0.1, 0.15) is 0 Å². The Hall–Kier alpha value is -1.87. The SMILES string of the molecule is Cc1c(C#CCN)cccc1C(=O)N1CC(O)C(O)C1. The van der Waals surface area contributed by atoms with Gasteiger partial charge in [-0.15, -0.1) is 0 Å². The highest BCUT2D eigenvalue weighted by Gasteiger charge is 2.33. The fraction of sp³-hybridized carbons (Fsp3) is 0.400. The van der Waals surface area contributed by atoms with Crippen molar-refractivity contribution in [2.75, 3.05) is 19.6 Å². The highest BCUT2D eigenvalue weighted by atomic mass is 16.3. The number of carbonyl (C=O) groups is 1. The van der Waals surface area contributed by atoms with Crippen molar-refractivity contribution >= 4 is 5.91 Å². The fourth-order valence-corrected chi connectivity index (χ4v) is 2.25. The second kappa shape index (κ2) is 6.06. The van der Waals surface area contributed by atoms with E-state index in [0.717, 1.165) is 11.1 Å². The van der Waals surface area contributed by atoms with E-state index in [1.165, 1.54) is 4.90 Å². The van der Waals surface area contributed by atoms with Gasteiger partial charge in [0.15, 0.2) is 0 Å². The van der Waals surface area contributed by atoms with Crippen LogP contribution in [0.3, 0.4) is 0 Å². The zero-order chi connectivity index (χ0) is 14.7. The van der Waals surface area contributed by atoms with E-state index in [2.05, 4.69) is 11.8 Å². The minimum Gasteiger partial charge on any atom is -0.388 e. The van der Waals surface area contributed by atoms with Crippen LogP contribution < -0.4 is 5.73 Å². The van der Waals surface area contributed by atoms with E-state index in [9.17, 15) is 15.0 Å². The molecule has 2 atom stereocenters. The first-order valence-electron chi connectivity index (χ1n) is 6.48. The van der Waals surface area contributed by atoms with Crippen LogP contribution in [0.25, 0.3) is 0 Å². The summed E-state index contributed by atoms with van der Waals surface area (Å²) in [6.45, 7) is 2.40. The Bertz CT molecular complexity index is 564. The smallest absolute Gasteiger partial charge is 0.254 e. The van der Waals surface area contributed by atoms with Crippen LogP contribution in [0.4, 0.5) is 0 Å². The second-order valence-corrected chi connectivity index (χ2v) is 4.83. The van der Waals surface area contributed by atoms with Crippen molar-refractivity contribution in [2.45, 2.75) is 19.1 Å². The molecule has 5 nitrogen and oxygen atoms in total. The third-order valence-corrected chi connectivity index (χ3v) is 3.44. The van der Waals surface area contributed by atoms with Gasteiger partial charge in [-0.05, 0) is 24.6 Å². The van der Waals surface area contributed by atoms with Gasteiger partial charge in [0.2, 0.25) is 0 Å². The maximum atomic E-state index is 12.4. The van der Waals surface area contributed by atoms with E-state index in [4.69, 9.17) is 5.73 Å². The average molecular weight is 274 g/mol. The van der Waals surface area contributed by atoms with Gasteiger partial charge in [0.25, 0.3) is 5.91 Å². The molecule has 2 unspecified atom stereocenters. The first kappa shape index (κ1) is 14.5. The van der Waals surface area contributed by atoms with E-state index in [1.807, 2.05) is 13.0 Å². The molecule has 1 aliphatic heterocycles. The Kier molecular flexibility index (Phi) is 4.40. The van der Waals surface area contributed by atoms with Crippen molar-refractivity contribution in [3.05, 3.63) is 34.9 Å². The predicted octanol–water partition coefficient (Wildman–Crippen LogP) is -0.517. The number of aliphatic hydroxyl groups excluding tert-OH is 2. The quantitative estimate of drug-likeness (QED) is 0.602. The summed E-state index contributed by atoms with van der Waals surface area (Å²) in [6.07, 6.45) is -1.75. The number of carbonyl (C=O) groups excluding carboxylic acids is 1. The number of amides is 1. The highest BCUT2D eigenvalue weighted by Crippen LogP contribution is 2.19. The number of hydrogen-bond acceptors (Lipinski definition) is 4. The summed E-state index contributed by atoms with van der Waals surface area (Å²) in [6, 6.07) is 5.33. The van der Waals surface area contributed by atoms with Crippen molar-refractivity contribution in [1.29, 1.82) is 0 Å². The lowest BCUT2D eigenvalue weighted by Crippen LogP contribution is -2.30. The summed E-state index contributed by atoms with van der Waals surface area (Å²) in [7, 11) is 0. The molecule has 0 radical (unpaired) electrons. The zero-order valence-corrected chi connectivity index (χ0v) is 11.3. The van der Waals surface area contributed by atoms with Gasteiger partial charge < -0.3 is 20.8 Å². The van der Waals surface area contributed by atoms with Gasteiger partial charge >= 0.3 is 0 Å². The van der Waals surface area contributed by atoms with Crippen LogP contribution in [0, 0.1) is 18.8 Å². The summed E-state index contributed by atoms with van der Waals surface area (Å²) < 4.78 is 0. The summed E-state index contributed by atoms with van der Waals surface area (Å²) in [5.74, 6) is 5.50. The Morgan fingerprint density at radius 3 is 2.65 bits per heavy atom. The average Bonchev–Trinajstić information content (AvgIpc) is 2.77. The normalized spacial score (nSPS) is 21.5. The van der Waals surface area contributed by atoms with E-state index in [0.29, 0.717) is 5.56 Å². The Balaban J connectivity index is 2.27. The molecule has 1 aliphatic rings. The van der Waals surface area contributed by atoms with Crippen LogP contribution in [0.2, 0.25) is 0 Å². The largest absolute Gasteiger partial charge is 0.388 e. The molecule has 2 rings (SSSR count).